The van der Waals surface area contributed by atoms with Crippen LogP contribution in [0, 0.1) is 0 Å². The molecular formula is C18H37NO3S. The molecule has 1 amide bonds. The third kappa shape index (κ3) is 16.2. The number of unbranched alkanes of at least 4 members (excludes halogenated alkanes) is 8. The van der Waals surface area contributed by atoms with Gasteiger partial charge < -0.3 is 14.6 Å². The Morgan fingerprint density at radius 1 is 1.00 bits per heavy atom. The van der Waals surface area contributed by atoms with Crippen molar-refractivity contribution in [2.45, 2.75) is 97.0 Å². The molecule has 0 aromatic rings. The van der Waals surface area contributed by atoms with Crippen molar-refractivity contribution in [3.63, 3.8) is 0 Å². The second kappa shape index (κ2) is 15.1. The van der Waals surface area contributed by atoms with Crippen molar-refractivity contribution in [3.05, 3.63) is 0 Å². The summed E-state index contributed by atoms with van der Waals surface area (Å²) < 4.78 is 14.1. The zero-order chi connectivity index (χ0) is 17.4. The standard InChI is InChI=1S/C18H37NO3S/c1-4-5-6-7-8-9-10-11-12-14-18(2,3)22-17(20)19-15-13-16-23-21/h21H,4-16H2,1-3H3,(H,19,20). The van der Waals surface area contributed by atoms with Crippen molar-refractivity contribution in [3.8, 4) is 0 Å². The van der Waals surface area contributed by atoms with Crippen LogP contribution in [0.25, 0.3) is 0 Å². The highest BCUT2D eigenvalue weighted by molar-refractivity contribution is 7.93. The molecule has 0 aliphatic heterocycles. The molecule has 0 aromatic carbocycles. The fourth-order valence-electron chi connectivity index (χ4n) is 2.53. The van der Waals surface area contributed by atoms with Crippen LogP contribution in [0.4, 0.5) is 4.79 Å². The quantitative estimate of drug-likeness (QED) is 0.281. The molecule has 23 heavy (non-hydrogen) atoms. The van der Waals surface area contributed by atoms with Gasteiger partial charge >= 0.3 is 6.09 Å². The van der Waals surface area contributed by atoms with Gasteiger partial charge in [0.2, 0.25) is 0 Å². The molecule has 0 unspecified atom stereocenters. The molecular weight excluding hydrogens is 310 g/mol. The van der Waals surface area contributed by atoms with E-state index in [1.54, 1.807) is 0 Å². The number of hydrogen-bond donors (Lipinski definition) is 2. The number of carbonyl (C=O) groups is 1. The molecule has 0 fully saturated rings. The predicted molar refractivity (Wildman–Crippen MR) is 100 cm³/mol. The molecule has 0 radical (unpaired) electrons. The summed E-state index contributed by atoms with van der Waals surface area (Å²) in [7, 11) is 0. The summed E-state index contributed by atoms with van der Waals surface area (Å²) >= 11 is 0.797. The van der Waals surface area contributed by atoms with Crippen LogP contribution in [-0.4, -0.2) is 28.5 Å². The van der Waals surface area contributed by atoms with Crippen LogP contribution in [0.1, 0.15) is 91.4 Å². The first-order chi connectivity index (χ1) is 11.0. The van der Waals surface area contributed by atoms with Crippen LogP contribution >= 0.6 is 12.0 Å². The Morgan fingerprint density at radius 3 is 2.13 bits per heavy atom. The molecule has 2 N–H and O–H groups in total. The van der Waals surface area contributed by atoms with Crippen molar-refractivity contribution >= 4 is 18.1 Å². The molecule has 0 aliphatic rings. The van der Waals surface area contributed by atoms with Crippen LogP contribution in [0.15, 0.2) is 0 Å². The van der Waals surface area contributed by atoms with E-state index >= 15 is 0 Å². The first-order valence-electron chi connectivity index (χ1n) is 9.25. The first kappa shape index (κ1) is 22.6. The Bertz CT molecular complexity index is 285. The number of ether oxygens (including phenoxy) is 1. The summed E-state index contributed by atoms with van der Waals surface area (Å²) in [4.78, 5) is 11.7. The summed E-state index contributed by atoms with van der Waals surface area (Å²) in [5, 5.41) is 2.72. The highest BCUT2D eigenvalue weighted by atomic mass is 32.2. The average Bonchev–Trinajstić information content (AvgIpc) is 2.49. The molecule has 138 valence electrons. The maximum Gasteiger partial charge on any atom is 0.407 e. The number of carbonyl (C=O) groups excluding carboxylic acids is 1. The van der Waals surface area contributed by atoms with Crippen molar-refractivity contribution < 1.29 is 14.1 Å². The van der Waals surface area contributed by atoms with E-state index < -0.39 is 5.60 Å². The van der Waals surface area contributed by atoms with Crippen molar-refractivity contribution in [2.24, 2.45) is 0 Å². The first-order valence-corrected chi connectivity index (χ1v) is 10.2. The smallest absolute Gasteiger partial charge is 0.407 e. The number of rotatable bonds is 15. The molecule has 0 saturated heterocycles. The van der Waals surface area contributed by atoms with Gasteiger partial charge in [0, 0.05) is 12.3 Å². The Labute approximate surface area is 147 Å². The third-order valence-electron chi connectivity index (χ3n) is 3.93. The Balaban J connectivity index is 3.54. The predicted octanol–water partition coefficient (Wildman–Crippen LogP) is 6.01. The fourth-order valence-corrected chi connectivity index (χ4v) is 2.80. The van der Waals surface area contributed by atoms with Gasteiger partial charge in [0.1, 0.15) is 5.60 Å². The molecule has 0 heterocycles. The molecule has 0 spiro atoms. The molecule has 0 bridgehead atoms. The molecule has 0 atom stereocenters. The highest BCUT2D eigenvalue weighted by Crippen LogP contribution is 2.20. The van der Waals surface area contributed by atoms with Gasteiger partial charge in [0.05, 0.1) is 0 Å². The summed E-state index contributed by atoms with van der Waals surface area (Å²) in [6.07, 6.45) is 13.0. The number of amides is 1. The van der Waals surface area contributed by atoms with Gasteiger partial charge in [-0.2, -0.15) is 0 Å². The lowest BCUT2D eigenvalue weighted by Gasteiger charge is -2.25. The Morgan fingerprint density at radius 2 is 1.57 bits per heavy atom. The van der Waals surface area contributed by atoms with Crippen molar-refractivity contribution in [2.75, 3.05) is 12.3 Å². The molecule has 0 rings (SSSR count). The topological polar surface area (TPSA) is 58.6 Å². The number of nitrogens with one attached hydrogen (secondary N) is 1. The lowest BCUT2D eigenvalue weighted by Crippen LogP contribution is -2.35. The third-order valence-corrected chi connectivity index (χ3v) is 4.40. The minimum atomic E-state index is -0.406. The highest BCUT2D eigenvalue weighted by Gasteiger charge is 2.21. The van der Waals surface area contributed by atoms with Crippen LogP contribution in [0.5, 0.6) is 0 Å². The summed E-state index contributed by atoms with van der Waals surface area (Å²) in [5.74, 6) is 0.627. The van der Waals surface area contributed by atoms with Gasteiger partial charge in [0.25, 0.3) is 0 Å². The van der Waals surface area contributed by atoms with Gasteiger partial charge in [0.15, 0.2) is 0 Å². The lowest BCUT2D eigenvalue weighted by atomic mass is 9.99. The minimum absolute atomic E-state index is 0.353. The van der Waals surface area contributed by atoms with Gasteiger partial charge in [-0.25, -0.2) is 4.79 Å². The van der Waals surface area contributed by atoms with Crippen LogP contribution in [-0.2, 0) is 4.74 Å². The van der Waals surface area contributed by atoms with Gasteiger partial charge in [-0.15, -0.1) is 0 Å². The summed E-state index contributed by atoms with van der Waals surface area (Å²) in [6.45, 7) is 6.74. The molecule has 4 nitrogen and oxygen atoms in total. The maximum atomic E-state index is 11.7. The zero-order valence-corrected chi connectivity index (χ0v) is 16.2. The van der Waals surface area contributed by atoms with Gasteiger partial charge in [-0.05, 0) is 45.2 Å². The van der Waals surface area contributed by atoms with E-state index in [1.807, 2.05) is 13.8 Å². The van der Waals surface area contributed by atoms with E-state index in [2.05, 4.69) is 12.2 Å². The van der Waals surface area contributed by atoms with Crippen molar-refractivity contribution in [1.82, 2.24) is 5.32 Å². The van der Waals surface area contributed by atoms with E-state index in [0.29, 0.717) is 12.3 Å². The number of alkyl carbamates (subject to hydrolysis) is 1. The van der Waals surface area contributed by atoms with E-state index in [9.17, 15) is 4.79 Å². The molecule has 0 saturated carbocycles. The van der Waals surface area contributed by atoms with Gasteiger partial charge in [-0.1, -0.05) is 58.3 Å². The zero-order valence-electron chi connectivity index (χ0n) is 15.4. The summed E-state index contributed by atoms with van der Waals surface area (Å²) in [6, 6.07) is 0. The van der Waals surface area contributed by atoms with Crippen LogP contribution in [0.3, 0.4) is 0 Å². The van der Waals surface area contributed by atoms with Gasteiger partial charge in [-0.3, -0.25) is 0 Å². The van der Waals surface area contributed by atoms with Crippen LogP contribution in [0.2, 0.25) is 0 Å². The Hall–Kier alpha value is -0.420. The molecule has 5 heteroatoms. The monoisotopic (exact) mass is 347 g/mol. The van der Waals surface area contributed by atoms with E-state index in [1.165, 1.54) is 51.4 Å². The maximum absolute atomic E-state index is 11.7. The molecule has 0 aromatic heterocycles. The van der Waals surface area contributed by atoms with Crippen molar-refractivity contribution in [1.29, 1.82) is 0 Å². The molecule has 0 aliphatic carbocycles. The Kier molecular flexibility index (Phi) is 14.9. The van der Waals surface area contributed by atoms with E-state index in [4.69, 9.17) is 9.29 Å². The minimum Gasteiger partial charge on any atom is -0.444 e. The summed E-state index contributed by atoms with van der Waals surface area (Å²) in [5.41, 5.74) is -0.406. The second-order valence-electron chi connectivity index (χ2n) is 6.84. The largest absolute Gasteiger partial charge is 0.444 e. The number of hydrogen-bond acceptors (Lipinski definition) is 4. The second-order valence-corrected chi connectivity index (χ2v) is 7.51. The van der Waals surface area contributed by atoms with E-state index in [-0.39, 0.29) is 6.09 Å². The fraction of sp³-hybridized carbons (Fsp3) is 0.944. The van der Waals surface area contributed by atoms with E-state index in [0.717, 1.165) is 31.3 Å². The lowest BCUT2D eigenvalue weighted by molar-refractivity contribution is 0.0309. The normalized spacial score (nSPS) is 11.5. The van der Waals surface area contributed by atoms with Crippen LogP contribution < -0.4 is 5.32 Å². The SMILES string of the molecule is CCCCCCCCCCCC(C)(C)OC(=O)NCCCSO. The average molecular weight is 348 g/mol.